The molecule has 0 aliphatic heterocycles. The molecule has 0 saturated carbocycles. The van der Waals surface area contributed by atoms with E-state index in [1.54, 1.807) is 24.3 Å². The monoisotopic (exact) mass is 426 g/mol. The number of para-hydroxylation sites is 2. The third-order valence-corrected chi connectivity index (χ3v) is 5.43. The Kier molecular flexibility index (Phi) is 6.31. The van der Waals surface area contributed by atoms with Crippen molar-refractivity contribution in [2.24, 2.45) is 0 Å². The van der Waals surface area contributed by atoms with Crippen LogP contribution in [0, 0.1) is 0 Å². The number of Topliss-reactive ketones (excluding diaryl/α,β-unsaturated/α-hetero) is 1. The molecule has 0 spiro atoms. The topological polar surface area (TPSA) is 76.0 Å². The number of ketones is 1. The lowest BCUT2D eigenvalue weighted by Gasteiger charge is -2.09. The average Bonchev–Trinajstić information content (AvgIpc) is 3.16. The van der Waals surface area contributed by atoms with Gasteiger partial charge >= 0.3 is 6.03 Å². The first-order chi connectivity index (χ1) is 15.5. The van der Waals surface area contributed by atoms with Crippen molar-refractivity contribution in [1.29, 1.82) is 0 Å². The zero-order valence-electron chi connectivity index (χ0n) is 18.3. The Labute approximate surface area is 187 Å². The van der Waals surface area contributed by atoms with Gasteiger partial charge in [0.1, 0.15) is 5.82 Å². The van der Waals surface area contributed by atoms with E-state index in [2.05, 4.69) is 28.2 Å². The number of benzene rings is 3. The first-order valence-electron chi connectivity index (χ1n) is 10.8. The molecule has 0 aliphatic carbocycles. The fourth-order valence-electron chi connectivity index (χ4n) is 3.79. The highest BCUT2D eigenvalue weighted by Gasteiger charge is 2.09. The summed E-state index contributed by atoms with van der Waals surface area (Å²) in [5.41, 5.74) is 5.22. The van der Waals surface area contributed by atoms with E-state index >= 15 is 0 Å². The summed E-state index contributed by atoms with van der Waals surface area (Å²) in [7, 11) is 0. The maximum absolute atomic E-state index is 12.3. The second kappa shape index (κ2) is 9.47. The summed E-state index contributed by atoms with van der Waals surface area (Å²) in [5.74, 6) is 1.04. The van der Waals surface area contributed by atoms with Crippen molar-refractivity contribution < 1.29 is 9.59 Å². The van der Waals surface area contributed by atoms with Gasteiger partial charge in [-0.2, -0.15) is 0 Å². The van der Waals surface area contributed by atoms with Gasteiger partial charge in [-0.25, -0.2) is 9.78 Å². The Morgan fingerprint density at radius 3 is 2.38 bits per heavy atom. The molecule has 0 aliphatic rings. The van der Waals surface area contributed by atoms with E-state index in [0.29, 0.717) is 16.9 Å². The molecule has 3 aromatic carbocycles. The van der Waals surface area contributed by atoms with Gasteiger partial charge in [-0.15, -0.1) is 0 Å². The Morgan fingerprint density at radius 1 is 0.875 bits per heavy atom. The highest BCUT2D eigenvalue weighted by atomic mass is 16.2. The molecular weight excluding hydrogens is 400 g/mol. The lowest BCUT2D eigenvalue weighted by Crippen LogP contribution is -2.19. The zero-order valence-corrected chi connectivity index (χ0v) is 18.3. The zero-order chi connectivity index (χ0) is 22.5. The van der Waals surface area contributed by atoms with Gasteiger partial charge in [0.2, 0.25) is 0 Å². The minimum Gasteiger partial charge on any atom is -0.328 e. The minimum absolute atomic E-state index is 0.0425. The third-order valence-electron chi connectivity index (χ3n) is 5.43. The quantitative estimate of drug-likeness (QED) is 0.373. The van der Waals surface area contributed by atoms with Gasteiger partial charge in [0.25, 0.3) is 0 Å². The SMILES string of the molecule is CCn1c(CCc2ccc(NC(=O)Nc3cccc(C(C)=O)c3)cc2)nc2ccccc21. The van der Waals surface area contributed by atoms with Crippen LogP contribution in [0.4, 0.5) is 16.2 Å². The van der Waals surface area contributed by atoms with Gasteiger partial charge in [-0.05, 0) is 62.2 Å². The van der Waals surface area contributed by atoms with E-state index in [-0.39, 0.29) is 11.8 Å². The summed E-state index contributed by atoms with van der Waals surface area (Å²) in [6.45, 7) is 4.53. The molecule has 6 heteroatoms. The minimum atomic E-state index is -0.352. The molecule has 1 heterocycles. The van der Waals surface area contributed by atoms with Crippen LogP contribution in [-0.4, -0.2) is 21.4 Å². The molecule has 0 bridgehead atoms. The molecule has 2 amide bonds. The third kappa shape index (κ3) is 4.86. The van der Waals surface area contributed by atoms with Gasteiger partial charge in [0, 0.05) is 29.9 Å². The molecule has 0 saturated heterocycles. The predicted molar refractivity (Wildman–Crippen MR) is 128 cm³/mol. The largest absolute Gasteiger partial charge is 0.328 e. The number of carbonyl (C=O) groups is 2. The second-order valence-corrected chi connectivity index (χ2v) is 7.67. The molecule has 4 rings (SSSR count). The number of urea groups is 1. The van der Waals surface area contributed by atoms with Crippen LogP contribution in [0.15, 0.2) is 72.8 Å². The number of anilines is 2. The molecule has 0 radical (unpaired) electrons. The van der Waals surface area contributed by atoms with E-state index in [1.807, 2.05) is 42.5 Å². The summed E-state index contributed by atoms with van der Waals surface area (Å²) in [4.78, 5) is 28.6. The normalized spacial score (nSPS) is 10.8. The standard InChI is InChI=1S/C26H26N4O2/c1-3-30-24-10-5-4-9-23(24)29-25(30)16-13-19-11-14-21(15-12-19)27-26(32)28-22-8-6-7-20(17-22)18(2)31/h4-12,14-15,17H,3,13,16H2,1-2H3,(H2,27,28,32). The fraction of sp³-hybridized carbons (Fsp3) is 0.192. The van der Waals surface area contributed by atoms with Crippen molar-refractivity contribution >= 4 is 34.2 Å². The molecule has 1 aromatic heterocycles. The molecule has 0 fully saturated rings. The van der Waals surface area contributed by atoms with Crippen LogP contribution in [0.2, 0.25) is 0 Å². The second-order valence-electron chi connectivity index (χ2n) is 7.67. The van der Waals surface area contributed by atoms with Crippen molar-refractivity contribution in [3.63, 3.8) is 0 Å². The number of hydrogen-bond donors (Lipinski definition) is 2. The van der Waals surface area contributed by atoms with Gasteiger partial charge < -0.3 is 15.2 Å². The lowest BCUT2D eigenvalue weighted by atomic mass is 10.1. The predicted octanol–water partition coefficient (Wildman–Crippen LogP) is 5.69. The van der Waals surface area contributed by atoms with Crippen molar-refractivity contribution in [2.45, 2.75) is 33.2 Å². The summed E-state index contributed by atoms with van der Waals surface area (Å²) in [6.07, 6.45) is 1.72. The highest BCUT2D eigenvalue weighted by Crippen LogP contribution is 2.18. The van der Waals surface area contributed by atoms with Crippen LogP contribution in [0.1, 0.15) is 35.6 Å². The smallest absolute Gasteiger partial charge is 0.323 e. The van der Waals surface area contributed by atoms with Crippen LogP contribution in [0.25, 0.3) is 11.0 Å². The number of carbonyl (C=O) groups excluding carboxylic acids is 2. The summed E-state index contributed by atoms with van der Waals surface area (Å²) in [5, 5.41) is 5.58. The van der Waals surface area contributed by atoms with Gasteiger partial charge in [-0.1, -0.05) is 36.4 Å². The van der Waals surface area contributed by atoms with Crippen LogP contribution < -0.4 is 10.6 Å². The molecule has 162 valence electrons. The van der Waals surface area contributed by atoms with Gasteiger partial charge in [0.05, 0.1) is 11.0 Å². The summed E-state index contributed by atoms with van der Waals surface area (Å²) in [6, 6.07) is 22.6. The van der Waals surface area contributed by atoms with E-state index < -0.39 is 0 Å². The van der Waals surface area contributed by atoms with Gasteiger partial charge in [-0.3, -0.25) is 4.79 Å². The van der Waals surface area contributed by atoms with Crippen LogP contribution in [0.5, 0.6) is 0 Å². The van der Waals surface area contributed by atoms with Crippen molar-refractivity contribution in [2.75, 3.05) is 10.6 Å². The molecule has 4 aromatic rings. The van der Waals surface area contributed by atoms with E-state index in [9.17, 15) is 9.59 Å². The first kappa shape index (κ1) is 21.3. The number of fused-ring (bicyclic) bond motifs is 1. The van der Waals surface area contributed by atoms with E-state index in [4.69, 9.17) is 4.98 Å². The molecule has 6 nitrogen and oxygen atoms in total. The Bertz CT molecular complexity index is 1260. The fourth-order valence-corrected chi connectivity index (χ4v) is 3.79. The summed E-state index contributed by atoms with van der Waals surface area (Å²) < 4.78 is 2.26. The summed E-state index contributed by atoms with van der Waals surface area (Å²) >= 11 is 0. The molecule has 2 N–H and O–H groups in total. The Hall–Kier alpha value is -3.93. The molecule has 0 unspecified atom stereocenters. The highest BCUT2D eigenvalue weighted by molar-refractivity contribution is 6.01. The van der Waals surface area contributed by atoms with E-state index in [0.717, 1.165) is 30.7 Å². The van der Waals surface area contributed by atoms with Crippen LogP contribution >= 0.6 is 0 Å². The Balaban J connectivity index is 1.36. The Morgan fingerprint density at radius 2 is 1.62 bits per heavy atom. The average molecular weight is 427 g/mol. The number of aromatic nitrogens is 2. The van der Waals surface area contributed by atoms with Crippen molar-refractivity contribution in [3.8, 4) is 0 Å². The van der Waals surface area contributed by atoms with Gasteiger partial charge in [0.15, 0.2) is 5.78 Å². The number of amides is 2. The number of nitrogens with zero attached hydrogens (tertiary/aromatic N) is 2. The number of aryl methyl sites for hydroxylation is 3. The number of imidazole rings is 1. The maximum atomic E-state index is 12.3. The number of rotatable bonds is 7. The number of nitrogens with one attached hydrogen (secondary N) is 2. The molecular formula is C26H26N4O2. The maximum Gasteiger partial charge on any atom is 0.323 e. The van der Waals surface area contributed by atoms with Crippen molar-refractivity contribution in [1.82, 2.24) is 9.55 Å². The number of hydrogen-bond acceptors (Lipinski definition) is 3. The van der Waals surface area contributed by atoms with Crippen molar-refractivity contribution in [3.05, 3.63) is 89.7 Å². The first-order valence-corrected chi connectivity index (χ1v) is 10.8. The van der Waals surface area contributed by atoms with Crippen LogP contribution in [0.3, 0.4) is 0 Å². The van der Waals surface area contributed by atoms with Crippen LogP contribution in [-0.2, 0) is 19.4 Å². The lowest BCUT2D eigenvalue weighted by molar-refractivity contribution is 0.101. The van der Waals surface area contributed by atoms with E-state index in [1.165, 1.54) is 18.0 Å². The molecule has 32 heavy (non-hydrogen) atoms. The molecule has 0 atom stereocenters.